The lowest BCUT2D eigenvalue weighted by Crippen LogP contribution is -2.30. The molecule has 0 amide bonds. The molecule has 0 saturated carbocycles. The molecule has 2 N–H and O–H groups in total. The van der Waals surface area contributed by atoms with Crippen LogP contribution in [0.1, 0.15) is 27.1 Å². The molecule has 0 radical (unpaired) electrons. The smallest absolute Gasteiger partial charge is 0.124 e. The van der Waals surface area contributed by atoms with Crippen LogP contribution in [0.25, 0.3) is 10.9 Å². The lowest BCUT2D eigenvalue weighted by molar-refractivity contribution is 0.628. The molecule has 3 aromatic rings. The standard InChI is InChI=1S/C19H14FN5S/c1-10-4-12(20)5-14-17(10)24-8-11(6-21)18(14)25-3-2-13-15(7-22)19(23)26-16(13)9-25/h4-5,8H,2-3,9,23H2,1H3. The predicted molar refractivity (Wildman–Crippen MR) is 99.4 cm³/mol. The molecule has 4 rings (SSSR count). The number of rotatable bonds is 1. The van der Waals surface area contributed by atoms with Crippen molar-refractivity contribution in [3.05, 3.63) is 51.3 Å². The summed E-state index contributed by atoms with van der Waals surface area (Å²) in [5.74, 6) is -0.349. The Hall–Kier alpha value is -3.16. The highest BCUT2D eigenvalue weighted by Gasteiger charge is 2.26. The number of hydrogen-bond donors (Lipinski definition) is 1. The number of nitrogens with zero attached hydrogens (tertiary/aromatic N) is 4. The Balaban J connectivity index is 1.89. The van der Waals surface area contributed by atoms with Crippen LogP contribution in [0.2, 0.25) is 0 Å². The molecular weight excluding hydrogens is 349 g/mol. The summed E-state index contributed by atoms with van der Waals surface area (Å²) in [7, 11) is 0. The van der Waals surface area contributed by atoms with Gasteiger partial charge in [0.1, 0.15) is 23.0 Å². The number of thiophene rings is 1. The first-order valence-corrected chi connectivity index (χ1v) is 8.89. The van der Waals surface area contributed by atoms with E-state index in [9.17, 15) is 14.9 Å². The van der Waals surface area contributed by atoms with Crippen LogP contribution < -0.4 is 10.6 Å². The van der Waals surface area contributed by atoms with Gasteiger partial charge in [-0.25, -0.2) is 4.39 Å². The topological polar surface area (TPSA) is 89.7 Å². The molecule has 1 aliphatic rings. The summed E-state index contributed by atoms with van der Waals surface area (Å²) in [6, 6.07) is 7.23. The maximum Gasteiger partial charge on any atom is 0.124 e. The van der Waals surface area contributed by atoms with Crippen LogP contribution in [0.5, 0.6) is 0 Å². The zero-order valence-electron chi connectivity index (χ0n) is 14.0. The zero-order valence-corrected chi connectivity index (χ0v) is 14.8. The summed E-state index contributed by atoms with van der Waals surface area (Å²) < 4.78 is 14.0. The fourth-order valence-electron chi connectivity index (χ4n) is 3.58. The number of nitrogens with two attached hydrogens (primary N) is 1. The number of hydrogen-bond acceptors (Lipinski definition) is 6. The van der Waals surface area contributed by atoms with Crippen molar-refractivity contribution in [1.29, 1.82) is 10.5 Å². The first kappa shape index (κ1) is 16.3. The molecule has 2 aromatic heterocycles. The molecule has 7 heteroatoms. The fourth-order valence-corrected chi connectivity index (χ4v) is 4.67. The van der Waals surface area contributed by atoms with Crippen LogP contribution in [0, 0.1) is 35.4 Å². The van der Waals surface area contributed by atoms with Gasteiger partial charge in [0, 0.05) is 23.0 Å². The minimum Gasteiger partial charge on any atom is -0.389 e. The van der Waals surface area contributed by atoms with Gasteiger partial charge in [-0.1, -0.05) is 0 Å². The molecule has 5 nitrogen and oxygen atoms in total. The second-order valence-corrected chi connectivity index (χ2v) is 7.41. The van der Waals surface area contributed by atoms with Crippen molar-refractivity contribution in [2.24, 2.45) is 0 Å². The molecule has 1 aromatic carbocycles. The molecular formula is C19H14FN5S. The first-order valence-electron chi connectivity index (χ1n) is 8.07. The minimum atomic E-state index is -0.349. The van der Waals surface area contributed by atoms with Crippen molar-refractivity contribution < 1.29 is 4.39 Å². The van der Waals surface area contributed by atoms with Crippen LogP contribution in [-0.4, -0.2) is 11.5 Å². The summed E-state index contributed by atoms with van der Waals surface area (Å²) in [4.78, 5) is 7.42. The van der Waals surface area contributed by atoms with E-state index < -0.39 is 0 Å². The van der Waals surface area contributed by atoms with E-state index in [-0.39, 0.29) is 5.82 Å². The van der Waals surface area contributed by atoms with Gasteiger partial charge in [-0.2, -0.15) is 10.5 Å². The third-order valence-corrected chi connectivity index (χ3v) is 5.78. The van der Waals surface area contributed by atoms with Gasteiger partial charge in [0.25, 0.3) is 0 Å². The quantitative estimate of drug-likeness (QED) is 0.713. The number of benzene rings is 1. The highest BCUT2D eigenvalue weighted by Crippen LogP contribution is 2.39. The average Bonchev–Trinajstić information content (AvgIpc) is 2.94. The molecule has 128 valence electrons. The predicted octanol–water partition coefficient (Wildman–Crippen LogP) is 3.63. The van der Waals surface area contributed by atoms with E-state index in [2.05, 4.69) is 22.0 Å². The number of anilines is 2. The molecule has 0 saturated heterocycles. The summed E-state index contributed by atoms with van der Waals surface area (Å²) >= 11 is 1.41. The molecule has 0 atom stereocenters. The number of nitrogen functional groups attached to an aromatic ring is 1. The Labute approximate surface area is 153 Å². The summed E-state index contributed by atoms with van der Waals surface area (Å²) in [6.07, 6.45) is 2.20. The molecule has 0 fully saturated rings. The Morgan fingerprint density at radius 3 is 2.85 bits per heavy atom. The average molecular weight is 363 g/mol. The van der Waals surface area contributed by atoms with Crippen LogP contribution in [-0.2, 0) is 13.0 Å². The first-order chi connectivity index (χ1) is 12.5. The van der Waals surface area contributed by atoms with E-state index in [1.807, 2.05) is 6.92 Å². The second-order valence-electron chi connectivity index (χ2n) is 6.28. The number of halogens is 1. The van der Waals surface area contributed by atoms with Gasteiger partial charge in [-0.3, -0.25) is 4.98 Å². The van der Waals surface area contributed by atoms with Crippen LogP contribution in [0.4, 0.5) is 15.1 Å². The molecule has 0 bridgehead atoms. The summed E-state index contributed by atoms with van der Waals surface area (Å²) in [5.41, 5.74) is 10.0. The molecule has 26 heavy (non-hydrogen) atoms. The van der Waals surface area contributed by atoms with E-state index in [0.29, 0.717) is 52.2 Å². The van der Waals surface area contributed by atoms with Crippen molar-refractivity contribution in [3.8, 4) is 12.1 Å². The van der Waals surface area contributed by atoms with E-state index in [4.69, 9.17) is 5.73 Å². The van der Waals surface area contributed by atoms with Gasteiger partial charge in [0.2, 0.25) is 0 Å². The highest BCUT2D eigenvalue weighted by atomic mass is 32.1. The Morgan fingerprint density at radius 2 is 2.12 bits per heavy atom. The SMILES string of the molecule is Cc1cc(F)cc2c(N3CCc4c(sc(N)c4C#N)C3)c(C#N)cnc12. The number of aromatic nitrogens is 1. The van der Waals surface area contributed by atoms with Gasteiger partial charge in [0.05, 0.1) is 28.9 Å². The van der Waals surface area contributed by atoms with Gasteiger partial charge < -0.3 is 10.6 Å². The third kappa shape index (κ3) is 2.37. The number of aryl methyl sites for hydroxylation is 1. The van der Waals surface area contributed by atoms with E-state index in [0.717, 1.165) is 16.0 Å². The minimum absolute atomic E-state index is 0.349. The lowest BCUT2D eigenvalue weighted by Gasteiger charge is -2.30. The maximum absolute atomic E-state index is 14.0. The van der Waals surface area contributed by atoms with Crippen molar-refractivity contribution in [3.63, 3.8) is 0 Å². The monoisotopic (exact) mass is 363 g/mol. The van der Waals surface area contributed by atoms with E-state index >= 15 is 0 Å². The van der Waals surface area contributed by atoms with Crippen LogP contribution in [0.15, 0.2) is 18.3 Å². The van der Waals surface area contributed by atoms with Crippen molar-refractivity contribution >= 4 is 32.9 Å². The van der Waals surface area contributed by atoms with Crippen LogP contribution in [0.3, 0.4) is 0 Å². The highest BCUT2D eigenvalue weighted by molar-refractivity contribution is 7.16. The second kappa shape index (κ2) is 5.98. The molecule has 1 aliphatic heterocycles. The number of pyridine rings is 1. The number of fused-ring (bicyclic) bond motifs is 2. The van der Waals surface area contributed by atoms with Gasteiger partial charge >= 0.3 is 0 Å². The van der Waals surface area contributed by atoms with Crippen molar-refractivity contribution in [1.82, 2.24) is 4.98 Å². The Kier molecular flexibility index (Phi) is 3.75. The largest absolute Gasteiger partial charge is 0.389 e. The normalized spacial score (nSPS) is 13.3. The summed E-state index contributed by atoms with van der Waals surface area (Å²) in [5, 5.41) is 20.0. The Morgan fingerprint density at radius 1 is 1.31 bits per heavy atom. The van der Waals surface area contributed by atoms with Gasteiger partial charge in [-0.05, 0) is 36.6 Å². The fraction of sp³-hybridized carbons (Fsp3) is 0.211. The van der Waals surface area contributed by atoms with E-state index in [1.54, 1.807) is 6.20 Å². The van der Waals surface area contributed by atoms with Crippen molar-refractivity contribution in [2.45, 2.75) is 19.9 Å². The van der Waals surface area contributed by atoms with Gasteiger partial charge in [0.15, 0.2) is 0 Å². The third-order valence-electron chi connectivity index (χ3n) is 4.73. The Bertz CT molecular complexity index is 1140. The zero-order chi connectivity index (χ0) is 18.4. The van der Waals surface area contributed by atoms with Crippen LogP contribution >= 0.6 is 11.3 Å². The molecule has 3 heterocycles. The van der Waals surface area contributed by atoms with Crippen molar-refractivity contribution in [2.75, 3.05) is 17.2 Å². The molecule has 0 unspecified atom stereocenters. The summed E-state index contributed by atoms with van der Waals surface area (Å²) in [6.45, 7) is 2.97. The maximum atomic E-state index is 14.0. The van der Waals surface area contributed by atoms with E-state index in [1.165, 1.54) is 23.5 Å². The molecule has 0 aliphatic carbocycles. The number of nitriles is 2. The van der Waals surface area contributed by atoms with Gasteiger partial charge in [-0.15, -0.1) is 11.3 Å². The molecule has 0 spiro atoms. The lowest BCUT2D eigenvalue weighted by atomic mass is 10.0.